The quantitative estimate of drug-likeness (QED) is 0.646. The van der Waals surface area contributed by atoms with Gasteiger partial charge in [0.25, 0.3) is 0 Å². The Morgan fingerprint density at radius 1 is 0.923 bits per heavy atom. The van der Waals surface area contributed by atoms with Crippen molar-refractivity contribution in [2.24, 2.45) is 0 Å². The molecule has 0 aromatic heterocycles. The van der Waals surface area contributed by atoms with Gasteiger partial charge >= 0.3 is 0 Å². The minimum Gasteiger partial charge on any atom is -0.213 e. The molecule has 0 heterocycles. The highest BCUT2D eigenvalue weighted by Crippen LogP contribution is 2.24. The van der Waals surface area contributed by atoms with Gasteiger partial charge in [-0.3, -0.25) is 0 Å². The molecule has 1 unspecified atom stereocenters. The lowest BCUT2D eigenvalue weighted by atomic mass is 9.99. The second kappa shape index (κ2) is 8.30. The molecule has 134 valence electrons. The fourth-order valence-electron chi connectivity index (χ4n) is 3.02. The third-order valence-electron chi connectivity index (χ3n) is 4.26. The monoisotopic (exact) mass is 365 g/mol. The number of hydrogen-bond acceptors (Lipinski definition) is 2. The van der Waals surface area contributed by atoms with Gasteiger partial charge in [-0.2, -0.15) is 0 Å². The summed E-state index contributed by atoms with van der Waals surface area (Å²) in [5.41, 5.74) is 2.13. The van der Waals surface area contributed by atoms with E-state index in [0.29, 0.717) is 6.42 Å². The van der Waals surface area contributed by atoms with Gasteiger partial charge in [-0.05, 0) is 40.8 Å². The normalized spacial score (nSPS) is 13.3. The van der Waals surface area contributed by atoms with Crippen LogP contribution in [0.2, 0.25) is 0 Å². The Morgan fingerprint density at radius 2 is 1.62 bits per heavy atom. The first kappa shape index (κ1) is 18.4. The molecule has 0 saturated carbocycles. The first-order valence-electron chi connectivity index (χ1n) is 8.69. The van der Waals surface area contributed by atoms with E-state index in [1.807, 2.05) is 60.7 Å². The molecule has 0 bridgehead atoms. The van der Waals surface area contributed by atoms with Crippen molar-refractivity contribution in [3.8, 4) is 0 Å². The Labute approximate surface area is 155 Å². The van der Waals surface area contributed by atoms with E-state index in [1.54, 1.807) is 0 Å². The molecule has 3 nitrogen and oxygen atoms in total. The van der Waals surface area contributed by atoms with Gasteiger partial charge in [-0.15, -0.1) is 0 Å². The smallest absolute Gasteiger partial charge is 0.209 e. The second-order valence-corrected chi connectivity index (χ2v) is 8.22. The predicted octanol–water partition coefficient (Wildman–Crippen LogP) is 4.92. The van der Waals surface area contributed by atoms with Crippen LogP contribution in [0.3, 0.4) is 0 Å². The summed E-state index contributed by atoms with van der Waals surface area (Å²) < 4.78 is 26.4. The first-order valence-corrected chi connectivity index (χ1v) is 10.6. The molecule has 1 N–H and O–H groups in total. The average Bonchev–Trinajstić information content (AvgIpc) is 2.64. The Bertz CT molecular complexity index is 995. The van der Waals surface area contributed by atoms with E-state index in [9.17, 15) is 8.42 Å². The van der Waals surface area contributed by atoms with Gasteiger partial charge in [-0.25, -0.2) is 13.1 Å². The molecule has 0 amide bonds. The maximum absolute atomic E-state index is 11.8. The first-order chi connectivity index (χ1) is 12.5. The zero-order valence-electron chi connectivity index (χ0n) is 14.8. The van der Waals surface area contributed by atoms with Crippen molar-refractivity contribution in [1.29, 1.82) is 0 Å². The fourth-order valence-corrected chi connectivity index (χ4v) is 3.79. The SMILES string of the molecule is CS(=O)(=O)NC(CC/C=C/c1ccccc1)c1ccc2ccccc2c1. The van der Waals surface area contributed by atoms with E-state index in [-0.39, 0.29) is 6.04 Å². The van der Waals surface area contributed by atoms with Gasteiger partial charge in [0.1, 0.15) is 0 Å². The van der Waals surface area contributed by atoms with Crippen molar-refractivity contribution >= 4 is 26.9 Å². The van der Waals surface area contributed by atoms with Crippen molar-refractivity contribution < 1.29 is 8.42 Å². The van der Waals surface area contributed by atoms with Crippen molar-refractivity contribution in [3.05, 3.63) is 90.0 Å². The second-order valence-electron chi connectivity index (χ2n) is 6.44. The topological polar surface area (TPSA) is 46.2 Å². The largest absolute Gasteiger partial charge is 0.213 e. The van der Waals surface area contributed by atoms with Crippen LogP contribution in [0.1, 0.15) is 30.0 Å². The number of nitrogens with one attached hydrogen (secondary N) is 1. The lowest BCUT2D eigenvalue weighted by molar-refractivity contribution is 0.547. The average molecular weight is 365 g/mol. The summed E-state index contributed by atoms with van der Waals surface area (Å²) in [6.45, 7) is 0. The van der Waals surface area contributed by atoms with E-state index in [1.165, 1.54) is 6.26 Å². The molecule has 4 heteroatoms. The van der Waals surface area contributed by atoms with Crippen molar-refractivity contribution in [2.75, 3.05) is 6.26 Å². The Kier molecular flexibility index (Phi) is 5.86. The zero-order chi connectivity index (χ0) is 18.4. The molecule has 26 heavy (non-hydrogen) atoms. The van der Waals surface area contributed by atoms with Crippen LogP contribution < -0.4 is 4.72 Å². The number of fused-ring (bicyclic) bond motifs is 1. The molecule has 0 spiro atoms. The van der Waals surface area contributed by atoms with E-state index < -0.39 is 10.0 Å². The number of rotatable bonds is 7. The Balaban J connectivity index is 1.76. The Hall–Kier alpha value is -2.43. The minimum atomic E-state index is -3.29. The number of benzene rings is 3. The van der Waals surface area contributed by atoms with Crippen molar-refractivity contribution in [2.45, 2.75) is 18.9 Å². The van der Waals surface area contributed by atoms with E-state index in [4.69, 9.17) is 0 Å². The number of allylic oxidation sites excluding steroid dienone is 1. The highest BCUT2D eigenvalue weighted by Gasteiger charge is 2.15. The standard InChI is InChI=1S/C22H23NO2S/c1-26(24,25)23-22(14-8-5-11-18-9-3-2-4-10-18)21-16-15-19-12-6-7-13-20(19)17-21/h2-7,9-13,15-17,22-23H,8,14H2,1H3/b11-5+. The lowest BCUT2D eigenvalue weighted by Gasteiger charge is -2.18. The van der Waals surface area contributed by atoms with Crippen molar-refractivity contribution in [3.63, 3.8) is 0 Å². The molecule has 1 atom stereocenters. The zero-order valence-corrected chi connectivity index (χ0v) is 15.6. The third-order valence-corrected chi connectivity index (χ3v) is 4.98. The maximum atomic E-state index is 11.8. The molecule has 0 aliphatic heterocycles. The van der Waals surface area contributed by atoms with Crippen LogP contribution in [-0.2, 0) is 10.0 Å². The lowest BCUT2D eigenvalue weighted by Crippen LogP contribution is -2.27. The molecular formula is C22H23NO2S. The summed E-state index contributed by atoms with van der Waals surface area (Å²) in [4.78, 5) is 0. The maximum Gasteiger partial charge on any atom is 0.209 e. The molecule has 0 fully saturated rings. The van der Waals surface area contributed by atoms with Crippen LogP contribution in [0.5, 0.6) is 0 Å². The number of sulfonamides is 1. The summed E-state index contributed by atoms with van der Waals surface area (Å²) in [6, 6.07) is 24.1. The predicted molar refractivity (Wildman–Crippen MR) is 109 cm³/mol. The molecule has 0 aliphatic carbocycles. The molecule has 3 rings (SSSR count). The summed E-state index contributed by atoms with van der Waals surface area (Å²) >= 11 is 0. The van der Waals surface area contributed by atoms with Gasteiger partial charge in [-0.1, -0.05) is 78.9 Å². The van der Waals surface area contributed by atoms with E-state index in [2.05, 4.69) is 29.0 Å². The summed E-state index contributed by atoms with van der Waals surface area (Å²) in [5.74, 6) is 0. The van der Waals surface area contributed by atoms with Crippen LogP contribution in [0, 0.1) is 0 Å². The third kappa shape index (κ3) is 5.28. The fraction of sp³-hybridized carbons (Fsp3) is 0.182. The number of hydrogen-bond donors (Lipinski definition) is 1. The molecule has 0 aliphatic rings. The van der Waals surface area contributed by atoms with Gasteiger partial charge in [0.05, 0.1) is 6.26 Å². The van der Waals surface area contributed by atoms with E-state index >= 15 is 0 Å². The summed E-state index contributed by atoms with van der Waals surface area (Å²) in [5, 5.41) is 2.27. The molecule has 0 radical (unpaired) electrons. The minimum absolute atomic E-state index is 0.241. The molecule has 3 aromatic carbocycles. The molecule has 3 aromatic rings. The van der Waals surface area contributed by atoms with Gasteiger partial charge in [0, 0.05) is 6.04 Å². The van der Waals surface area contributed by atoms with Gasteiger partial charge < -0.3 is 0 Å². The Morgan fingerprint density at radius 3 is 2.35 bits per heavy atom. The molecule has 0 saturated heterocycles. The molecular weight excluding hydrogens is 342 g/mol. The van der Waals surface area contributed by atoms with Crippen LogP contribution >= 0.6 is 0 Å². The van der Waals surface area contributed by atoms with Crippen molar-refractivity contribution in [1.82, 2.24) is 4.72 Å². The van der Waals surface area contributed by atoms with Crippen LogP contribution in [0.4, 0.5) is 0 Å². The highest BCUT2D eigenvalue weighted by atomic mass is 32.2. The van der Waals surface area contributed by atoms with Gasteiger partial charge in [0.15, 0.2) is 0 Å². The summed E-state index contributed by atoms with van der Waals surface area (Å²) in [6.07, 6.45) is 6.86. The van der Waals surface area contributed by atoms with E-state index in [0.717, 1.165) is 28.3 Å². The van der Waals surface area contributed by atoms with Crippen LogP contribution in [-0.4, -0.2) is 14.7 Å². The summed E-state index contributed by atoms with van der Waals surface area (Å²) in [7, 11) is -3.29. The highest BCUT2D eigenvalue weighted by molar-refractivity contribution is 7.88. The van der Waals surface area contributed by atoms with Crippen LogP contribution in [0.25, 0.3) is 16.8 Å². The van der Waals surface area contributed by atoms with Gasteiger partial charge in [0.2, 0.25) is 10.0 Å². The van der Waals surface area contributed by atoms with Crippen LogP contribution in [0.15, 0.2) is 78.9 Å².